The predicted octanol–water partition coefficient (Wildman–Crippen LogP) is 1.91. The summed E-state index contributed by atoms with van der Waals surface area (Å²) in [5.74, 6) is 0.773. The van der Waals surface area contributed by atoms with Crippen molar-refractivity contribution in [3.63, 3.8) is 0 Å². The van der Waals surface area contributed by atoms with Crippen LogP contribution in [0.3, 0.4) is 0 Å². The van der Waals surface area contributed by atoms with E-state index >= 15 is 0 Å². The van der Waals surface area contributed by atoms with Crippen LogP contribution in [0.2, 0.25) is 0 Å². The van der Waals surface area contributed by atoms with Crippen LogP contribution < -0.4 is 0 Å². The van der Waals surface area contributed by atoms with E-state index in [0.29, 0.717) is 0 Å². The van der Waals surface area contributed by atoms with Gasteiger partial charge in [-0.1, -0.05) is 0 Å². The molecule has 1 atom stereocenters. The lowest BCUT2D eigenvalue weighted by molar-refractivity contribution is 0.184. The summed E-state index contributed by atoms with van der Waals surface area (Å²) >= 11 is 4.46. The van der Waals surface area contributed by atoms with Gasteiger partial charge in [-0.2, -0.15) is 0 Å². The Morgan fingerprint density at radius 1 is 1.64 bits per heavy atom. The van der Waals surface area contributed by atoms with Crippen molar-refractivity contribution in [1.82, 2.24) is 0 Å². The minimum Gasteiger partial charge on any atom is -0.381 e. The first kappa shape index (κ1) is 8.85. The van der Waals surface area contributed by atoms with E-state index < -0.39 is 0 Å². The van der Waals surface area contributed by atoms with Crippen LogP contribution in [0.4, 0.5) is 0 Å². The summed E-state index contributed by atoms with van der Waals surface area (Å²) in [6.07, 6.45) is 3.57. The van der Waals surface area contributed by atoms with Crippen molar-refractivity contribution >= 4 is 17.4 Å². The molecule has 1 rings (SSSR count). The van der Waals surface area contributed by atoms with Crippen LogP contribution in [0.1, 0.15) is 19.3 Å². The first-order valence-electron chi connectivity index (χ1n) is 4.05. The second-order valence-corrected chi connectivity index (χ2v) is 3.03. The number of hydrogen-bond donors (Lipinski definition) is 0. The van der Waals surface area contributed by atoms with Crippen molar-refractivity contribution in [2.24, 2.45) is 10.9 Å². The minimum absolute atomic E-state index is 0.773. The van der Waals surface area contributed by atoms with Crippen molar-refractivity contribution in [2.75, 3.05) is 19.8 Å². The molecule has 1 aliphatic heterocycles. The maximum absolute atomic E-state index is 5.25. The molecule has 62 valence electrons. The molecule has 2 nitrogen and oxygen atoms in total. The lowest BCUT2D eigenvalue weighted by atomic mass is 10.0. The van der Waals surface area contributed by atoms with Gasteiger partial charge in [0.25, 0.3) is 0 Å². The molecule has 0 aliphatic carbocycles. The molecule has 0 spiro atoms. The largest absolute Gasteiger partial charge is 0.381 e. The standard InChI is InChI=1S/C8H13NOS/c11-7-9-4-1-2-8-3-5-10-6-8/h8H,1-6H2. The third-order valence-corrected chi connectivity index (χ3v) is 2.10. The smallest absolute Gasteiger partial charge is 0.0584 e. The zero-order chi connectivity index (χ0) is 7.94. The van der Waals surface area contributed by atoms with Gasteiger partial charge in [0.1, 0.15) is 0 Å². The van der Waals surface area contributed by atoms with Crippen LogP contribution in [-0.2, 0) is 4.74 Å². The fourth-order valence-corrected chi connectivity index (χ4v) is 1.41. The number of hydrogen-bond acceptors (Lipinski definition) is 3. The van der Waals surface area contributed by atoms with Gasteiger partial charge in [0.2, 0.25) is 0 Å². The van der Waals surface area contributed by atoms with Crippen LogP contribution in [0.25, 0.3) is 0 Å². The minimum atomic E-state index is 0.773. The molecule has 1 heterocycles. The monoisotopic (exact) mass is 171 g/mol. The Hall–Kier alpha value is -0.240. The normalized spacial score (nSPS) is 23.1. The molecule has 1 unspecified atom stereocenters. The lowest BCUT2D eigenvalue weighted by Gasteiger charge is -2.03. The van der Waals surface area contributed by atoms with E-state index in [4.69, 9.17) is 4.74 Å². The van der Waals surface area contributed by atoms with Crippen molar-refractivity contribution in [1.29, 1.82) is 0 Å². The summed E-state index contributed by atoms with van der Waals surface area (Å²) in [6.45, 7) is 2.72. The Kier molecular flexibility index (Phi) is 4.36. The highest BCUT2D eigenvalue weighted by atomic mass is 32.1. The van der Waals surface area contributed by atoms with Gasteiger partial charge in [-0.05, 0) is 37.4 Å². The van der Waals surface area contributed by atoms with Gasteiger partial charge in [0.15, 0.2) is 0 Å². The molecule has 0 saturated carbocycles. The number of rotatable bonds is 4. The topological polar surface area (TPSA) is 21.6 Å². The summed E-state index contributed by atoms with van der Waals surface area (Å²) in [4.78, 5) is 3.86. The van der Waals surface area contributed by atoms with Crippen molar-refractivity contribution in [3.05, 3.63) is 0 Å². The highest BCUT2D eigenvalue weighted by molar-refractivity contribution is 7.78. The van der Waals surface area contributed by atoms with Crippen LogP contribution in [-0.4, -0.2) is 24.9 Å². The van der Waals surface area contributed by atoms with Crippen LogP contribution in [0.15, 0.2) is 4.99 Å². The highest BCUT2D eigenvalue weighted by Gasteiger charge is 2.14. The predicted molar refractivity (Wildman–Crippen MR) is 48.1 cm³/mol. The van der Waals surface area contributed by atoms with E-state index in [1.165, 1.54) is 12.8 Å². The maximum Gasteiger partial charge on any atom is 0.0584 e. The fourth-order valence-electron chi connectivity index (χ4n) is 1.32. The molecule has 0 aromatic rings. The number of thiocarbonyl (C=S) groups is 1. The van der Waals surface area contributed by atoms with Crippen LogP contribution >= 0.6 is 12.2 Å². The molecule has 0 amide bonds. The molecule has 0 radical (unpaired) electrons. The van der Waals surface area contributed by atoms with Gasteiger partial charge in [-0.25, -0.2) is 4.99 Å². The van der Waals surface area contributed by atoms with E-state index in [1.807, 2.05) is 0 Å². The molecule has 3 heteroatoms. The molecular weight excluding hydrogens is 158 g/mol. The Morgan fingerprint density at radius 3 is 3.18 bits per heavy atom. The van der Waals surface area contributed by atoms with E-state index in [1.54, 1.807) is 0 Å². The average molecular weight is 171 g/mol. The van der Waals surface area contributed by atoms with E-state index in [2.05, 4.69) is 22.4 Å². The molecule has 0 bridgehead atoms. The number of isothiocyanates is 1. The second-order valence-electron chi connectivity index (χ2n) is 2.84. The van der Waals surface area contributed by atoms with Gasteiger partial charge < -0.3 is 4.74 Å². The van der Waals surface area contributed by atoms with Gasteiger partial charge >= 0.3 is 0 Å². The molecular formula is C8H13NOS. The number of ether oxygens (including phenoxy) is 1. The summed E-state index contributed by atoms with van der Waals surface area (Å²) in [6, 6.07) is 0. The molecule has 1 aliphatic rings. The van der Waals surface area contributed by atoms with Crippen LogP contribution in [0.5, 0.6) is 0 Å². The van der Waals surface area contributed by atoms with Gasteiger partial charge in [-0.15, -0.1) is 0 Å². The van der Waals surface area contributed by atoms with E-state index in [0.717, 1.165) is 32.1 Å². The Balaban J connectivity index is 1.97. The summed E-state index contributed by atoms with van der Waals surface area (Å²) in [7, 11) is 0. The van der Waals surface area contributed by atoms with Gasteiger partial charge in [-0.3, -0.25) is 0 Å². The average Bonchev–Trinajstić information content (AvgIpc) is 2.50. The third kappa shape index (κ3) is 3.61. The molecule has 11 heavy (non-hydrogen) atoms. The fraction of sp³-hybridized carbons (Fsp3) is 0.875. The summed E-state index contributed by atoms with van der Waals surface area (Å²) < 4.78 is 5.25. The highest BCUT2D eigenvalue weighted by Crippen LogP contribution is 2.17. The van der Waals surface area contributed by atoms with Crippen molar-refractivity contribution < 1.29 is 4.74 Å². The first-order valence-corrected chi connectivity index (χ1v) is 4.45. The third-order valence-electron chi connectivity index (χ3n) is 1.97. The summed E-state index contributed by atoms with van der Waals surface area (Å²) in [5, 5.41) is 2.37. The quantitative estimate of drug-likeness (QED) is 0.366. The van der Waals surface area contributed by atoms with E-state index in [9.17, 15) is 0 Å². The Morgan fingerprint density at radius 2 is 2.55 bits per heavy atom. The summed E-state index contributed by atoms with van der Waals surface area (Å²) in [5.41, 5.74) is 0. The molecule has 1 fully saturated rings. The molecule has 0 N–H and O–H groups in total. The van der Waals surface area contributed by atoms with Gasteiger partial charge in [0.05, 0.1) is 5.16 Å². The van der Waals surface area contributed by atoms with Gasteiger partial charge in [0, 0.05) is 19.8 Å². The second kappa shape index (κ2) is 5.42. The van der Waals surface area contributed by atoms with Crippen molar-refractivity contribution in [2.45, 2.75) is 19.3 Å². The Bertz CT molecular complexity index is 148. The van der Waals surface area contributed by atoms with Crippen LogP contribution in [0, 0.1) is 5.92 Å². The Labute approximate surface area is 72.7 Å². The zero-order valence-electron chi connectivity index (χ0n) is 6.58. The molecule has 1 saturated heterocycles. The zero-order valence-corrected chi connectivity index (χ0v) is 7.40. The maximum atomic E-state index is 5.25. The lowest BCUT2D eigenvalue weighted by Crippen LogP contribution is -1.99. The number of nitrogens with zero attached hydrogens (tertiary/aromatic N) is 1. The SMILES string of the molecule is S=C=NCCCC1CCOC1. The van der Waals surface area contributed by atoms with E-state index in [-0.39, 0.29) is 0 Å². The molecule has 0 aromatic heterocycles. The molecule has 0 aromatic carbocycles. The van der Waals surface area contributed by atoms with Crippen molar-refractivity contribution in [3.8, 4) is 0 Å². The number of aliphatic imine (C=N–C) groups is 1. The first-order chi connectivity index (χ1) is 5.43.